The van der Waals surface area contributed by atoms with Gasteiger partial charge in [0.1, 0.15) is 18.3 Å². The number of aromatic nitrogens is 2. The molecular formula is C20H27N4O4+. The third kappa shape index (κ3) is 5.10. The van der Waals surface area contributed by atoms with Crippen molar-refractivity contribution in [3.05, 3.63) is 62.7 Å². The average molecular weight is 387 g/mol. The van der Waals surface area contributed by atoms with Crippen LogP contribution in [0.2, 0.25) is 0 Å². The molecule has 0 unspecified atom stereocenters. The molecule has 0 bridgehead atoms. The van der Waals surface area contributed by atoms with Crippen LogP contribution in [0.15, 0.2) is 46.0 Å². The van der Waals surface area contributed by atoms with Crippen molar-refractivity contribution in [1.82, 2.24) is 15.1 Å². The molecule has 1 fully saturated rings. The van der Waals surface area contributed by atoms with Crippen molar-refractivity contribution in [2.45, 2.75) is 31.8 Å². The lowest BCUT2D eigenvalue weighted by molar-refractivity contribution is -0.935. The van der Waals surface area contributed by atoms with Crippen LogP contribution in [-0.4, -0.2) is 42.4 Å². The Hall–Kier alpha value is -2.87. The van der Waals surface area contributed by atoms with E-state index in [4.69, 9.17) is 4.74 Å². The Balaban J connectivity index is 1.69. The van der Waals surface area contributed by atoms with E-state index in [-0.39, 0.29) is 18.5 Å². The van der Waals surface area contributed by atoms with Gasteiger partial charge in [-0.2, -0.15) is 0 Å². The van der Waals surface area contributed by atoms with E-state index in [9.17, 15) is 14.4 Å². The standard InChI is InChI=1S/C20H26N4O4/c1-28-16-7-5-15(6-8-16)17(23-11-3-2-4-12-23)13-21-19(26)14-24-20(27)10-9-18(25)22-24/h5-10,17H,2-4,11-14H2,1H3,(H,21,26)(H,22,25)/p+1/t17-/m0/s1. The summed E-state index contributed by atoms with van der Waals surface area (Å²) in [6.07, 6.45) is 3.60. The lowest BCUT2D eigenvalue weighted by Gasteiger charge is -2.32. The molecular weight excluding hydrogens is 360 g/mol. The summed E-state index contributed by atoms with van der Waals surface area (Å²) < 4.78 is 6.26. The summed E-state index contributed by atoms with van der Waals surface area (Å²) in [6, 6.07) is 10.4. The zero-order valence-corrected chi connectivity index (χ0v) is 16.1. The number of amides is 1. The molecule has 1 aliphatic rings. The highest BCUT2D eigenvalue weighted by atomic mass is 16.5. The molecule has 150 valence electrons. The number of carbonyl (C=O) groups is 1. The molecule has 1 amide bonds. The number of quaternary nitrogens is 1. The Labute approximate surface area is 163 Å². The predicted octanol–water partition coefficient (Wildman–Crippen LogP) is -0.528. The van der Waals surface area contributed by atoms with Crippen LogP contribution >= 0.6 is 0 Å². The lowest BCUT2D eigenvalue weighted by atomic mass is 10.0. The number of H-pyrrole nitrogens is 1. The van der Waals surface area contributed by atoms with Gasteiger partial charge in [0.25, 0.3) is 11.1 Å². The van der Waals surface area contributed by atoms with Gasteiger partial charge in [-0.3, -0.25) is 19.5 Å². The molecule has 0 spiro atoms. The van der Waals surface area contributed by atoms with Crippen LogP contribution < -0.4 is 26.1 Å². The Bertz CT molecular complexity index is 897. The van der Waals surface area contributed by atoms with Gasteiger partial charge < -0.3 is 15.0 Å². The predicted molar refractivity (Wildman–Crippen MR) is 105 cm³/mol. The number of piperidine rings is 1. The SMILES string of the molecule is COc1ccc([C@H](CNC(=O)Cn2[nH]c(=O)ccc2=O)[NH+]2CCCCC2)cc1. The molecule has 1 atom stereocenters. The fraction of sp³-hybridized carbons (Fsp3) is 0.450. The number of carbonyl (C=O) groups excluding carboxylic acids is 1. The van der Waals surface area contributed by atoms with Crippen molar-refractivity contribution in [2.75, 3.05) is 26.7 Å². The third-order valence-corrected chi connectivity index (χ3v) is 5.20. The van der Waals surface area contributed by atoms with Crippen LogP contribution in [0.5, 0.6) is 5.75 Å². The maximum Gasteiger partial charge on any atom is 0.265 e. The topological polar surface area (TPSA) is 97.6 Å². The minimum absolute atomic E-state index is 0.127. The van der Waals surface area contributed by atoms with Crippen LogP contribution in [0.3, 0.4) is 0 Å². The van der Waals surface area contributed by atoms with E-state index in [0.29, 0.717) is 6.54 Å². The second-order valence-electron chi connectivity index (χ2n) is 7.08. The minimum Gasteiger partial charge on any atom is -0.497 e. The van der Waals surface area contributed by atoms with E-state index in [1.54, 1.807) is 7.11 Å². The summed E-state index contributed by atoms with van der Waals surface area (Å²) in [5, 5.41) is 5.30. The largest absolute Gasteiger partial charge is 0.497 e. The van der Waals surface area contributed by atoms with E-state index in [2.05, 4.69) is 10.4 Å². The zero-order chi connectivity index (χ0) is 19.9. The van der Waals surface area contributed by atoms with Gasteiger partial charge in [0.05, 0.1) is 26.7 Å². The average Bonchev–Trinajstić information content (AvgIpc) is 2.72. The van der Waals surface area contributed by atoms with Gasteiger partial charge in [0.15, 0.2) is 0 Å². The quantitative estimate of drug-likeness (QED) is 0.595. The molecule has 1 aromatic carbocycles. The van der Waals surface area contributed by atoms with Crippen molar-refractivity contribution in [2.24, 2.45) is 0 Å². The van der Waals surface area contributed by atoms with Gasteiger partial charge in [0, 0.05) is 17.7 Å². The first-order valence-corrected chi connectivity index (χ1v) is 9.62. The summed E-state index contributed by atoms with van der Waals surface area (Å²) in [5.41, 5.74) is 0.313. The highest BCUT2D eigenvalue weighted by Gasteiger charge is 2.26. The first-order chi connectivity index (χ1) is 13.6. The molecule has 2 heterocycles. The molecule has 3 N–H and O–H groups in total. The number of benzene rings is 1. The molecule has 1 aliphatic heterocycles. The van der Waals surface area contributed by atoms with E-state index in [1.807, 2.05) is 24.3 Å². The molecule has 8 nitrogen and oxygen atoms in total. The summed E-state index contributed by atoms with van der Waals surface area (Å²) in [6.45, 7) is 2.39. The van der Waals surface area contributed by atoms with Gasteiger partial charge in [0.2, 0.25) is 5.91 Å². The number of methoxy groups -OCH3 is 1. The van der Waals surface area contributed by atoms with Crippen molar-refractivity contribution in [1.29, 1.82) is 0 Å². The fourth-order valence-corrected chi connectivity index (χ4v) is 3.68. The maximum absolute atomic E-state index is 12.4. The second-order valence-corrected chi connectivity index (χ2v) is 7.08. The number of nitrogens with zero attached hydrogens (tertiary/aromatic N) is 1. The first-order valence-electron chi connectivity index (χ1n) is 9.62. The molecule has 8 heteroatoms. The summed E-state index contributed by atoms with van der Waals surface area (Å²) in [5.74, 6) is 0.492. The van der Waals surface area contributed by atoms with Gasteiger partial charge in [-0.05, 0) is 43.5 Å². The highest BCUT2D eigenvalue weighted by Crippen LogP contribution is 2.16. The number of rotatable bonds is 7. The van der Waals surface area contributed by atoms with Gasteiger partial charge in [-0.1, -0.05) is 0 Å². The smallest absolute Gasteiger partial charge is 0.265 e. The lowest BCUT2D eigenvalue weighted by Crippen LogP contribution is -3.13. The Morgan fingerprint density at radius 2 is 1.86 bits per heavy atom. The molecule has 1 aromatic heterocycles. The summed E-state index contributed by atoms with van der Waals surface area (Å²) in [7, 11) is 1.64. The highest BCUT2D eigenvalue weighted by molar-refractivity contribution is 5.75. The van der Waals surface area contributed by atoms with Crippen molar-refractivity contribution >= 4 is 5.91 Å². The number of nitrogens with one attached hydrogen (secondary N) is 3. The number of hydrogen-bond acceptors (Lipinski definition) is 4. The number of hydrogen-bond donors (Lipinski definition) is 3. The van der Waals surface area contributed by atoms with Gasteiger partial charge >= 0.3 is 0 Å². The third-order valence-electron chi connectivity index (χ3n) is 5.20. The number of likely N-dealkylation sites (tertiary alicyclic amines) is 1. The zero-order valence-electron chi connectivity index (χ0n) is 16.1. The second kappa shape index (κ2) is 9.36. The van der Waals surface area contributed by atoms with Crippen molar-refractivity contribution < 1.29 is 14.4 Å². The fourth-order valence-electron chi connectivity index (χ4n) is 3.68. The van der Waals surface area contributed by atoms with E-state index in [1.165, 1.54) is 24.2 Å². The number of ether oxygens (including phenoxy) is 1. The number of aromatic amines is 1. The van der Waals surface area contributed by atoms with Crippen LogP contribution in [0.4, 0.5) is 0 Å². The van der Waals surface area contributed by atoms with Gasteiger partial charge in [-0.25, -0.2) is 4.68 Å². The maximum atomic E-state index is 12.4. The van der Waals surface area contributed by atoms with E-state index < -0.39 is 11.1 Å². The summed E-state index contributed by atoms with van der Waals surface area (Å²) in [4.78, 5) is 37.0. The molecule has 0 radical (unpaired) electrons. The Kier molecular flexibility index (Phi) is 6.65. The van der Waals surface area contributed by atoms with E-state index >= 15 is 0 Å². The van der Waals surface area contributed by atoms with Crippen LogP contribution in [-0.2, 0) is 11.3 Å². The monoisotopic (exact) mass is 387 g/mol. The Morgan fingerprint density at radius 3 is 2.54 bits per heavy atom. The van der Waals surface area contributed by atoms with Crippen LogP contribution in [0.25, 0.3) is 0 Å². The first kappa shape index (κ1) is 19.9. The molecule has 28 heavy (non-hydrogen) atoms. The van der Waals surface area contributed by atoms with Crippen LogP contribution in [0.1, 0.15) is 30.9 Å². The van der Waals surface area contributed by atoms with Crippen LogP contribution in [0, 0.1) is 0 Å². The normalized spacial score (nSPS) is 15.8. The van der Waals surface area contributed by atoms with Crippen molar-refractivity contribution in [3.63, 3.8) is 0 Å². The van der Waals surface area contributed by atoms with Gasteiger partial charge in [-0.15, -0.1) is 0 Å². The molecule has 1 saturated heterocycles. The summed E-state index contributed by atoms with van der Waals surface area (Å²) >= 11 is 0. The molecule has 3 rings (SSSR count). The van der Waals surface area contributed by atoms with E-state index in [0.717, 1.165) is 41.2 Å². The molecule has 0 aliphatic carbocycles. The van der Waals surface area contributed by atoms with Crippen molar-refractivity contribution in [3.8, 4) is 5.75 Å². The molecule has 2 aromatic rings. The minimum atomic E-state index is -0.415. The molecule has 0 saturated carbocycles. The Morgan fingerprint density at radius 1 is 1.14 bits per heavy atom.